The van der Waals surface area contributed by atoms with Gasteiger partial charge in [-0.05, 0) is 25.3 Å². The lowest BCUT2D eigenvalue weighted by Crippen LogP contribution is -2.51. The maximum Gasteiger partial charge on any atom is 0.256 e. The van der Waals surface area contributed by atoms with Crippen molar-refractivity contribution in [3.63, 3.8) is 0 Å². The molecule has 5 nitrogen and oxygen atoms in total. The highest BCUT2D eigenvalue weighted by Gasteiger charge is 2.32. The molecule has 1 atom stereocenters. The summed E-state index contributed by atoms with van der Waals surface area (Å²) >= 11 is 0. The Balaban J connectivity index is 1.94. The number of carbonyl (C=O) groups is 2. The number of piperidine rings is 1. The molecule has 110 valence electrons. The van der Waals surface area contributed by atoms with Gasteiger partial charge < -0.3 is 15.2 Å². The Bertz CT molecular complexity index is 677. The molecule has 1 aliphatic rings. The van der Waals surface area contributed by atoms with Crippen LogP contribution in [0.4, 0.5) is 0 Å². The zero-order valence-electron chi connectivity index (χ0n) is 12.1. The van der Waals surface area contributed by atoms with Gasteiger partial charge in [0.15, 0.2) is 0 Å². The van der Waals surface area contributed by atoms with Crippen LogP contribution in [0.15, 0.2) is 30.5 Å². The molecule has 1 aliphatic heterocycles. The molecule has 1 aromatic carbocycles. The van der Waals surface area contributed by atoms with E-state index in [0.29, 0.717) is 12.1 Å². The molecule has 2 heterocycles. The van der Waals surface area contributed by atoms with E-state index in [1.54, 1.807) is 18.1 Å². The van der Waals surface area contributed by atoms with Crippen molar-refractivity contribution < 1.29 is 9.59 Å². The van der Waals surface area contributed by atoms with Gasteiger partial charge in [-0.3, -0.25) is 9.59 Å². The topological polar surface area (TPSA) is 65.2 Å². The maximum absolute atomic E-state index is 12.8. The number of nitrogens with one attached hydrogen (secondary N) is 2. The monoisotopic (exact) mass is 285 g/mol. The highest BCUT2D eigenvalue weighted by Crippen LogP contribution is 2.24. The van der Waals surface area contributed by atoms with Gasteiger partial charge >= 0.3 is 0 Å². The third kappa shape index (κ3) is 2.39. The quantitative estimate of drug-likeness (QED) is 0.885. The van der Waals surface area contributed by atoms with Gasteiger partial charge in [0.2, 0.25) is 5.91 Å². The van der Waals surface area contributed by atoms with E-state index in [0.717, 1.165) is 30.2 Å². The predicted molar refractivity (Wildman–Crippen MR) is 81.0 cm³/mol. The highest BCUT2D eigenvalue weighted by atomic mass is 16.2. The summed E-state index contributed by atoms with van der Waals surface area (Å²) in [5.41, 5.74) is 1.58. The van der Waals surface area contributed by atoms with Crippen molar-refractivity contribution in [1.82, 2.24) is 15.2 Å². The minimum absolute atomic E-state index is 0.0687. The fraction of sp³-hybridized carbons (Fsp3) is 0.375. The van der Waals surface area contributed by atoms with Gasteiger partial charge in [-0.25, -0.2) is 0 Å². The second kappa shape index (κ2) is 5.60. The molecular weight excluding hydrogens is 266 g/mol. The number of fused-ring (bicyclic) bond motifs is 1. The molecule has 2 aromatic rings. The number of para-hydroxylation sites is 1. The standard InChI is InChI=1S/C16H19N3O2/c1-17-15(20)14-8-4-5-9-19(14)16(21)12-10-18-13-7-3-2-6-11(12)13/h2-3,6-7,10,14,18H,4-5,8-9H2,1H3,(H,17,20). The first-order valence-corrected chi connectivity index (χ1v) is 7.31. The molecule has 1 fully saturated rings. The van der Waals surface area contributed by atoms with E-state index in [9.17, 15) is 9.59 Å². The predicted octanol–water partition coefficient (Wildman–Crippen LogP) is 1.91. The van der Waals surface area contributed by atoms with E-state index in [1.165, 1.54) is 0 Å². The molecule has 1 aromatic heterocycles. The number of hydrogen-bond acceptors (Lipinski definition) is 2. The molecule has 1 unspecified atom stereocenters. The van der Waals surface area contributed by atoms with Crippen molar-refractivity contribution in [3.05, 3.63) is 36.0 Å². The van der Waals surface area contributed by atoms with Crippen LogP contribution in [0.3, 0.4) is 0 Å². The lowest BCUT2D eigenvalue weighted by molar-refractivity contribution is -0.126. The lowest BCUT2D eigenvalue weighted by atomic mass is 10.00. The third-order valence-corrected chi connectivity index (χ3v) is 4.13. The van der Waals surface area contributed by atoms with Gasteiger partial charge in [0.25, 0.3) is 5.91 Å². The van der Waals surface area contributed by atoms with Crippen LogP contribution in [0.2, 0.25) is 0 Å². The summed E-state index contributed by atoms with van der Waals surface area (Å²) in [5, 5.41) is 3.57. The van der Waals surface area contributed by atoms with Crippen molar-refractivity contribution in [1.29, 1.82) is 0 Å². The van der Waals surface area contributed by atoms with Gasteiger partial charge in [0, 0.05) is 30.7 Å². The Morgan fingerprint density at radius 1 is 1.29 bits per heavy atom. The second-order valence-corrected chi connectivity index (χ2v) is 5.37. The smallest absolute Gasteiger partial charge is 0.256 e. The van der Waals surface area contributed by atoms with Gasteiger partial charge in [0.1, 0.15) is 6.04 Å². The molecule has 2 amide bonds. The van der Waals surface area contributed by atoms with Crippen molar-refractivity contribution in [2.45, 2.75) is 25.3 Å². The van der Waals surface area contributed by atoms with Crippen LogP contribution in [0, 0.1) is 0 Å². The first-order valence-electron chi connectivity index (χ1n) is 7.31. The zero-order chi connectivity index (χ0) is 14.8. The fourth-order valence-electron chi connectivity index (χ4n) is 3.02. The number of likely N-dealkylation sites (N-methyl/N-ethyl adjacent to an activating group) is 1. The summed E-state index contributed by atoms with van der Waals surface area (Å²) in [5.74, 6) is -0.149. The number of hydrogen-bond donors (Lipinski definition) is 2. The van der Waals surface area contributed by atoms with Crippen LogP contribution >= 0.6 is 0 Å². The van der Waals surface area contributed by atoms with E-state index in [1.807, 2.05) is 24.3 Å². The number of benzene rings is 1. The molecule has 3 rings (SSSR count). The number of nitrogens with zero attached hydrogens (tertiary/aromatic N) is 1. The fourth-order valence-corrected chi connectivity index (χ4v) is 3.02. The van der Waals surface area contributed by atoms with Gasteiger partial charge in [-0.1, -0.05) is 18.2 Å². The van der Waals surface area contributed by atoms with Crippen LogP contribution < -0.4 is 5.32 Å². The summed E-state index contributed by atoms with van der Waals surface area (Å²) in [6.07, 6.45) is 4.40. The Morgan fingerprint density at radius 3 is 2.90 bits per heavy atom. The number of rotatable bonds is 2. The molecule has 2 N–H and O–H groups in total. The number of likely N-dealkylation sites (tertiary alicyclic amines) is 1. The van der Waals surface area contributed by atoms with E-state index < -0.39 is 0 Å². The van der Waals surface area contributed by atoms with Crippen LogP contribution in [-0.2, 0) is 4.79 Å². The third-order valence-electron chi connectivity index (χ3n) is 4.13. The molecule has 5 heteroatoms. The number of aromatic amines is 1. The Morgan fingerprint density at radius 2 is 2.10 bits per heavy atom. The summed E-state index contributed by atoms with van der Waals surface area (Å²) < 4.78 is 0. The molecule has 0 radical (unpaired) electrons. The molecule has 0 spiro atoms. The molecule has 1 saturated heterocycles. The van der Waals surface area contributed by atoms with Gasteiger partial charge in [-0.2, -0.15) is 0 Å². The first-order chi connectivity index (χ1) is 10.2. The second-order valence-electron chi connectivity index (χ2n) is 5.37. The van der Waals surface area contributed by atoms with E-state index in [-0.39, 0.29) is 17.9 Å². The minimum atomic E-state index is -0.357. The van der Waals surface area contributed by atoms with Crippen LogP contribution in [-0.4, -0.2) is 41.3 Å². The van der Waals surface area contributed by atoms with E-state index in [2.05, 4.69) is 10.3 Å². The molecule has 21 heavy (non-hydrogen) atoms. The maximum atomic E-state index is 12.8. The average Bonchev–Trinajstić information content (AvgIpc) is 2.97. The largest absolute Gasteiger partial charge is 0.360 e. The van der Waals surface area contributed by atoms with Crippen molar-refractivity contribution >= 4 is 22.7 Å². The lowest BCUT2D eigenvalue weighted by Gasteiger charge is -2.34. The Hall–Kier alpha value is -2.30. The molecule has 0 bridgehead atoms. The summed E-state index contributed by atoms with van der Waals surface area (Å²) in [6, 6.07) is 7.36. The minimum Gasteiger partial charge on any atom is -0.360 e. The van der Waals surface area contributed by atoms with Crippen molar-refractivity contribution in [3.8, 4) is 0 Å². The van der Waals surface area contributed by atoms with Crippen molar-refractivity contribution in [2.75, 3.05) is 13.6 Å². The molecular formula is C16H19N3O2. The number of amides is 2. The normalized spacial score (nSPS) is 18.7. The van der Waals surface area contributed by atoms with Gasteiger partial charge in [-0.15, -0.1) is 0 Å². The van der Waals surface area contributed by atoms with E-state index >= 15 is 0 Å². The summed E-state index contributed by atoms with van der Waals surface area (Å²) in [7, 11) is 1.62. The van der Waals surface area contributed by atoms with Crippen molar-refractivity contribution in [2.24, 2.45) is 0 Å². The number of aromatic nitrogens is 1. The Labute approximate surface area is 123 Å². The Kier molecular flexibility index (Phi) is 3.64. The van der Waals surface area contributed by atoms with Crippen LogP contribution in [0.1, 0.15) is 29.6 Å². The molecule has 0 aliphatic carbocycles. The van der Waals surface area contributed by atoms with Crippen LogP contribution in [0.5, 0.6) is 0 Å². The zero-order valence-corrected chi connectivity index (χ0v) is 12.1. The molecule has 0 saturated carbocycles. The summed E-state index contributed by atoms with van der Waals surface area (Å²) in [4.78, 5) is 29.7. The average molecular weight is 285 g/mol. The number of carbonyl (C=O) groups excluding carboxylic acids is 2. The summed E-state index contributed by atoms with van der Waals surface area (Å²) in [6.45, 7) is 0.635. The van der Waals surface area contributed by atoms with Gasteiger partial charge in [0.05, 0.1) is 5.56 Å². The van der Waals surface area contributed by atoms with E-state index in [4.69, 9.17) is 0 Å². The number of H-pyrrole nitrogens is 1. The SMILES string of the molecule is CNC(=O)C1CCCCN1C(=O)c1c[nH]c2ccccc12. The highest BCUT2D eigenvalue weighted by molar-refractivity contribution is 6.07. The first kappa shape index (κ1) is 13.7. The van der Waals surface area contributed by atoms with Crippen LogP contribution in [0.25, 0.3) is 10.9 Å².